The number of hydrogen-bond donors (Lipinski definition) is 0. The Hall–Kier alpha value is -0.940. The second kappa shape index (κ2) is 5.80. The molecule has 1 rings (SSSR count). The third-order valence-corrected chi connectivity index (χ3v) is 3.78. The zero-order chi connectivity index (χ0) is 13.9. The van der Waals surface area contributed by atoms with Crippen LogP contribution in [0.1, 0.15) is 31.9 Å². The van der Waals surface area contributed by atoms with Crippen LogP contribution in [-0.4, -0.2) is 21.7 Å². The van der Waals surface area contributed by atoms with Gasteiger partial charge in [0.1, 0.15) is 34.3 Å². The normalized spacial score (nSPS) is 14.7. The van der Waals surface area contributed by atoms with Crippen molar-refractivity contribution in [3.63, 3.8) is 0 Å². The number of hydrogen-bond acceptors (Lipinski definition) is 2. The third-order valence-electron chi connectivity index (χ3n) is 2.35. The highest BCUT2D eigenvalue weighted by Gasteiger charge is 2.28. The van der Waals surface area contributed by atoms with Crippen molar-refractivity contribution in [2.45, 2.75) is 32.4 Å². The van der Waals surface area contributed by atoms with E-state index in [2.05, 4.69) is 4.40 Å². The lowest BCUT2D eigenvalue weighted by molar-refractivity contribution is 0.557. The fourth-order valence-corrected chi connectivity index (χ4v) is 1.87. The summed E-state index contributed by atoms with van der Waals surface area (Å²) in [5.41, 5.74) is 0.384. The Morgan fingerprint density at radius 3 is 2.50 bits per heavy atom. The molecule has 18 heavy (non-hydrogen) atoms. The summed E-state index contributed by atoms with van der Waals surface area (Å²) < 4.78 is 41.9. The first-order valence-electron chi connectivity index (χ1n) is 5.58. The van der Waals surface area contributed by atoms with E-state index >= 15 is 0 Å². The maximum atomic E-state index is 13.8. The Bertz CT molecular complexity index is 455. The van der Waals surface area contributed by atoms with E-state index in [1.807, 2.05) is 0 Å². The number of aryl methyl sites for hydroxylation is 1. The molecular formula is C13H17F2NOS. The predicted octanol–water partition coefficient (Wildman–Crippen LogP) is 3.35. The molecule has 0 amide bonds. The Labute approximate surface area is 109 Å². The van der Waals surface area contributed by atoms with Crippen molar-refractivity contribution in [2.24, 2.45) is 4.40 Å². The van der Waals surface area contributed by atoms with Gasteiger partial charge < -0.3 is 4.55 Å². The molecule has 0 fully saturated rings. The van der Waals surface area contributed by atoms with Gasteiger partial charge in [-0.25, -0.2) is 8.78 Å². The number of alkyl halides is 1. The van der Waals surface area contributed by atoms with Gasteiger partial charge in [-0.15, -0.1) is 0 Å². The molecule has 0 heterocycles. The van der Waals surface area contributed by atoms with Crippen molar-refractivity contribution in [1.29, 1.82) is 0 Å². The average molecular weight is 273 g/mol. The number of rotatable bonds is 3. The molecule has 100 valence electrons. The molecule has 2 nitrogen and oxygen atoms in total. The topological polar surface area (TPSA) is 35.4 Å². The van der Waals surface area contributed by atoms with E-state index in [0.29, 0.717) is 5.56 Å². The summed E-state index contributed by atoms with van der Waals surface area (Å²) >= 11 is -1.60. The Balaban J connectivity index is 3.18. The van der Waals surface area contributed by atoms with E-state index in [0.717, 1.165) is 0 Å². The van der Waals surface area contributed by atoms with E-state index in [4.69, 9.17) is 0 Å². The first-order valence-corrected chi connectivity index (χ1v) is 6.69. The summed E-state index contributed by atoms with van der Waals surface area (Å²) in [5.74, 6) is -0.514. The van der Waals surface area contributed by atoms with E-state index in [1.54, 1.807) is 39.8 Å². The van der Waals surface area contributed by atoms with Crippen LogP contribution in [-0.2, 0) is 11.4 Å². The predicted molar refractivity (Wildman–Crippen MR) is 71.5 cm³/mol. The summed E-state index contributed by atoms with van der Waals surface area (Å²) in [6, 6.07) is 4.66. The smallest absolute Gasteiger partial charge is 0.144 e. The molecule has 1 unspecified atom stereocenters. The molecular weight excluding hydrogens is 256 g/mol. The molecule has 0 radical (unpaired) electrons. The minimum Gasteiger partial charge on any atom is -0.591 e. The van der Waals surface area contributed by atoms with Crippen LogP contribution >= 0.6 is 0 Å². The van der Waals surface area contributed by atoms with Gasteiger partial charge >= 0.3 is 0 Å². The quantitative estimate of drug-likeness (QED) is 0.614. The minimum absolute atomic E-state index is 0.0788. The van der Waals surface area contributed by atoms with Crippen molar-refractivity contribution in [2.75, 3.05) is 6.67 Å². The van der Waals surface area contributed by atoms with E-state index in [1.165, 1.54) is 6.07 Å². The van der Waals surface area contributed by atoms with Gasteiger partial charge in [0.25, 0.3) is 0 Å². The average Bonchev–Trinajstić information content (AvgIpc) is 2.28. The van der Waals surface area contributed by atoms with Gasteiger partial charge in [0.05, 0.1) is 0 Å². The second-order valence-corrected chi connectivity index (χ2v) is 6.88. The van der Waals surface area contributed by atoms with Crippen LogP contribution < -0.4 is 0 Å². The van der Waals surface area contributed by atoms with Gasteiger partial charge in [0.15, 0.2) is 0 Å². The lowest BCUT2D eigenvalue weighted by Gasteiger charge is -2.19. The highest BCUT2D eigenvalue weighted by molar-refractivity contribution is 7.91. The molecule has 1 atom stereocenters. The zero-order valence-electron chi connectivity index (χ0n) is 11.0. The molecule has 5 heteroatoms. The summed E-state index contributed by atoms with van der Waals surface area (Å²) in [6.07, 6.45) is 0. The van der Waals surface area contributed by atoms with E-state index in [-0.39, 0.29) is 11.3 Å². The molecule has 0 aliphatic rings. The van der Waals surface area contributed by atoms with Gasteiger partial charge in [0, 0.05) is 5.56 Å². The van der Waals surface area contributed by atoms with Crippen LogP contribution in [0.25, 0.3) is 0 Å². The molecule has 0 bridgehead atoms. The molecule has 0 saturated carbocycles. The lowest BCUT2D eigenvalue weighted by Crippen LogP contribution is -2.27. The van der Waals surface area contributed by atoms with Crippen LogP contribution in [0.3, 0.4) is 0 Å². The maximum absolute atomic E-state index is 13.8. The van der Waals surface area contributed by atoms with Gasteiger partial charge in [0.2, 0.25) is 0 Å². The Kier molecular flexibility index (Phi) is 4.87. The summed E-state index contributed by atoms with van der Waals surface area (Å²) in [7, 11) is 0. The molecule has 0 spiro atoms. The highest BCUT2D eigenvalue weighted by Crippen LogP contribution is 2.20. The van der Waals surface area contributed by atoms with Crippen molar-refractivity contribution >= 4 is 17.1 Å². The number of nitrogens with zero attached hydrogens (tertiary/aromatic N) is 1. The Morgan fingerprint density at radius 1 is 1.39 bits per heavy atom. The third kappa shape index (κ3) is 3.53. The summed E-state index contributed by atoms with van der Waals surface area (Å²) in [6.45, 7) is 5.84. The zero-order valence-corrected chi connectivity index (χ0v) is 11.8. The van der Waals surface area contributed by atoms with Crippen molar-refractivity contribution in [1.82, 2.24) is 0 Å². The molecule has 1 aromatic carbocycles. The molecule has 1 aromatic rings. The molecule has 0 aliphatic carbocycles. The van der Waals surface area contributed by atoms with E-state index < -0.39 is 28.6 Å². The van der Waals surface area contributed by atoms with Crippen LogP contribution in [0.2, 0.25) is 0 Å². The van der Waals surface area contributed by atoms with Gasteiger partial charge in [-0.05, 0) is 39.3 Å². The standard InChI is InChI=1S/C13H17F2NOS/c1-9-6-5-7-10(12(9)15)11(8-14)16-18(17)13(2,3)4/h5-7H,8H2,1-4H3/b16-11-. The van der Waals surface area contributed by atoms with Crippen molar-refractivity contribution < 1.29 is 13.3 Å². The fraction of sp³-hybridized carbons (Fsp3) is 0.462. The summed E-state index contributed by atoms with van der Waals surface area (Å²) in [5, 5.41) is 0. The lowest BCUT2D eigenvalue weighted by atomic mass is 10.1. The van der Waals surface area contributed by atoms with E-state index in [9.17, 15) is 13.3 Å². The maximum Gasteiger partial charge on any atom is 0.144 e. The van der Waals surface area contributed by atoms with Crippen LogP contribution in [0, 0.1) is 12.7 Å². The summed E-state index contributed by atoms with van der Waals surface area (Å²) in [4.78, 5) is 0. The number of benzene rings is 1. The van der Waals surface area contributed by atoms with Crippen LogP contribution in [0.15, 0.2) is 22.6 Å². The largest absolute Gasteiger partial charge is 0.591 e. The molecule has 0 saturated heterocycles. The molecule has 0 aromatic heterocycles. The van der Waals surface area contributed by atoms with Gasteiger partial charge in [-0.3, -0.25) is 0 Å². The second-order valence-electron chi connectivity index (χ2n) is 4.97. The van der Waals surface area contributed by atoms with Crippen molar-refractivity contribution in [3.8, 4) is 0 Å². The first-order chi connectivity index (χ1) is 8.27. The monoisotopic (exact) mass is 273 g/mol. The molecule has 0 N–H and O–H groups in total. The van der Waals surface area contributed by atoms with Gasteiger partial charge in [-0.1, -0.05) is 16.5 Å². The minimum atomic E-state index is -1.60. The molecule has 0 aliphatic heterocycles. The first kappa shape index (κ1) is 15.1. The Morgan fingerprint density at radius 2 is 2.00 bits per heavy atom. The van der Waals surface area contributed by atoms with Crippen LogP contribution in [0.4, 0.5) is 8.78 Å². The van der Waals surface area contributed by atoms with Crippen molar-refractivity contribution in [3.05, 3.63) is 35.1 Å². The van der Waals surface area contributed by atoms with Crippen LogP contribution in [0.5, 0.6) is 0 Å². The highest BCUT2D eigenvalue weighted by atomic mass is 32.2. The van der Waals surface area contributed by atoms with Gasteiger partial charge in [-0.2, -0.15) is 0 Å². The SMILES string of the molecule is Cc1cccc(/C(CF)=N\[S+]([O-])C(C)(C)C)c1F. The fourth-order valence-electron chi connectivity index (χ4n) is 1.25. The number of halogens is 2.